The molecule has 43 heavy (non-hydrogen) atoms. The van der Waals surface area contributed by atoms with E-state index in [-0.39, 0.29) is 19.1 Å². The molecule has 0 spiro atoms. The van der Waals surface area contributed by atoms with Gasteiger partial charge in [0.2, 0.25) is 0 Å². The van der Waals surface area contributed by atoms with Crippen LogP contribution in [0, 0.1) is 0 Å². The third kappa shape index (κ3) is 6.10. The molecule has 1 saturated heterocycles. The molecule has 4 aromatic carbocycles. The smallest absolute Gasteiger partial charge is 0.449 e. The Labute approximate surface area is 254 Å². The van der Waals surface area contributed by atoms with Gasteiger partial charge >= 0.3 is 13.2 Å². The van der Waals surface area contributed by atoms with Crippen molar-refractivity contribution in [2.45, 2.75) is 44.8 Å². The Morgan fingerprint density at radius 2 is 1.37 bits per heavy atom. The lowest BCUT2D eigenvalue weighted by molar-refractivity contribution is 0.00578. The molecule has 0 bridgehead atoms. The summed E-state index contributed by atoms with van der Waals surface area (Å²) >= 11 is 0. The molecule has 6 nitrogen and oxygen atoms in total. The largest absolute Gasteiger partial charge is 0.492 e. The molecule has 218 valence electrons. The molecule has 4 aromatic rings. The Morgan fingerprint density at radius 1 is 0.791 bits per heavy atom. The molecule has 1 aliphatic carbocycles. The zero-order chi connectivity index (χ0) is 30.0. The minimum absolute atomic E-state index is 0.00360. The van der Waals surface area contributed by atoms with Gasteiger partial charge in [0, 0.05) is 23.8 Å². The number of benzene rings is 4. The van der Waals surface area contributed by atoms with E-state index in [9.17, 15) is 4.79 Å². The van der Waals surface area contributed by atoms with E-state index in [1.165, 1.54) is 22.3 Å². The summed E-state index contributed by atoms with van der Waals surface area (Å²) in [4.78, 5) is 13.1. The molecular weight excluding hydrogens is 535 g/mol. The van der Waals surface area contributed by atoms with E-state index in [0.717, 1.165) is 22.4 Å². The van der Waals surface area contributed by atoms with Crippen molar-refractivity contribution in [1.29, 1.82) is 0 Å². The van der Waals surface area contributed by atoms with Crippen LogP contribution in [0.15, 0.2) is 109 Å². The molecule has 2 aliphatic rings. The first-order valence-electron chi connectivity index (χ1n) is 14.8. The molecule has 6 rings (SSSR count). The zero-order valence-corrected chi connectivity index (χ0v) is 25.1. The molecule has 0 radical (unpaired) electrons. The van der Waals surface area contributed by atoms with Gasteiger partial charge in [-0.1, -0.05) is 84.9 Å². The molecule has 7 heteroatoms. The van der Waals surface area contributed by atoms with Crippen LogP contribution in [0.25, 0.3) is 17.2 Å². The van der Waals surface area contributed by atoms with E-state index in [4.69, 9.17) is 14.0 Å². The summed E-state index contributed by atoms with van der Waals surface area (Å²) in [6.45, 7) is 8.55. The Morgan fingerprint density at radius 3 is 2.02 bits per heavy atom. The predicted octanol–water partition coefficient (Wildman–Crippen LogP) is 7.98. The predicted molar refractivity (Wildman–Crippen MR) is 173 cm³/mol. The van der Waals surface area contributed by atoms with Crippen LogP contribution in [0.4, 0.5) is 16.2 Å². The molecule has 1 heterocycles. The maximum absolute atomic E-state index is 13.1. The van der Waals surface area contributed by atoms with Gasteiger partial charge in [0.15, 0.2) is 0 Å². The quantitative estimate of drug-likeness (QED) is 0.210. The minimum Gasteiger partial charge on any atom is -0.449 e. The van der Waals surface area contributed by atoms with Crippen molar-refractivity contribution in [3.05, 3.63) is 125 Å². The normalized spacial score (nSPS) is 16.8. The van der Waals surface area contributed by atoms with Crippen LogP contribution in [-0.4, -0.2) is 37.6 Å². The molecular formula is C36H37BN2O4. The Bertz CT molecular complexity index is 1590. The first-order chi connectivity index (χ1) is 20.7. The van der Waals surface area contributed by atoms with Crippen molar-refractivity contribution < 1.29 is 18.8 Å². The Kier molecular flexibility index (Phi) is 7.86. The van der Waals surface area contributed by atoms with Gasteiger partial charge in [0.25, 0.3) is 0 Å². The number of para-hydroxylation sites is 1. The van der Waals surface area contributed by atoms with Gasteiger partial charge in [-0.15, -0.1) is 0 Å². The molecule has 0 unspecified atom stereocenters. The number of alkyl carbamates (subject to hydrolysis) is 1. The van der Waals surface area contributed by atoms with Gasteiger partial charge in [-0.25, -0.2) is 4.79 Å². The highest BCUT2D eigenvalue weighted by Gasteiger charge is 2.52. The van der Waals surface area contributed by atoms with Crippen molar-refractivity contribution in [2.75, 3.05) is 18.5 Å². The van der Waals surface area contributed by atoms with Crippen LogP contribution in [0.1, 0.15) is 50.3 Å². The number of amides is 1. The summed E-state index contributed by atoms with van der Waals surface area (Å²) < 4.78 is 18.6. The number of rotatable bonds is 8. The second-order valence-electron chi connectivity index (χ2n) is 12.1. The molecule has 0 atom stereocenters. The Hall–Kier alpha value is -4.33. The topological polar surface area (TPSA) is 68.8 Å². The maximum atomic E-state index is 13.1. The van der Waals surface area contributed by atoms with Gasteiger partial charge in [-0.3, -0.25) is 0 Å². The molecule has 0 aromatic heterocycles. The fraction of sp³-hybridized carbons (Fsp3) is 0.250. The lowest BCUT2D eigenvalue weighted by Gasteiger charge is -2.32. The Balaban J connectivity index is 1.18. The van der Waals surface area contributed by atoms with E-state index in [1.54, 1.807) is 0 Å². The van der Waals surface area contributed by atoms with Crippen LogP contribution >= 0.6 is 0 Å². The third-order valence-electron chi connectivity index (χ3n) is 8.64. The van der Waals surface area contributed by atoms with Crippen molar-refractivity contribution in [2.24, 2.45) is 0 Å². The standard InChI is InChI=1S/C36H37BN2O4/c1-35(2)36(3,4)43-37(42-35)26(21-25-13-12-16-28(22-25)39-27-14-6-5-7-15-27)23-38-34(40)41-24-33-31-19-10-8-17-29(31)30-18-9-11-20-32(30)33/h5-22,33,39H,23-24H2,1-4H3,(H,38,40). The van der Waals surface area contributed by atoms with Crippen LogP contribution < -0.4 is 10.6 Å². The number of hydrogen-bond acceptors (Lipinski definition) is 5. The van der Waals surface area contributed by atoms with E-state index in [0.29, 0.717) is 0 Å². The fourth-order valence-electron chi connectivity index (χ4n) is 5.63. The van der Waals surface area contributed by atoms with Crippen LogP contribution in [0.2, 0.25) is 0 Å². The molecule has 2 N–H and O–H groups in total. The highest BCUT2D eigenvalue weighted by atomic mass is 16.7. The summed E-state index contributed by atoms with van der Waals surface area (Å²) in [7, 11) is -0.621. The first kappa shape index (κ1) is 28.8. The SMILES string of the molecule is CC1(C)OB(C(=Cc2cccc(Nc3ccccc3)c2)CNC(=O)OCC2c3ccccc3-c3ccccc32)OC1(C)C. The molecule has 1 aliphatic heterocycles. The van der Waals surface area contributed by atoms with E-state index in [1.807, 2.05) is 107 Å². The van der Waals surface area contributed by atoms with Gasteiger partial charge < -0.3 is 24.7 Å². The van der Waals surface area contributed by atoms with Gasteiger partial charge in [0.05, 0.1) is 11.2 Å². The number of carbonyl (C=O) groups excluding carboxylic acids is 1. The number of fused-ring (bicyclic) bond motifs is 3. The highest BCUT2D eigenvalue weighted by Crippen LogP contribution is 2.44. The number of hydrogen-bond donors (Lipinski definition) is 2. The van der Waals surface area contributed by atoms with Crippen LogP contribution in [0.5, 0.6) is 0 Å². The average molecular weight is 573 g/mol. The summed E-state index contributed by atoms with van der Waals surface area (Å²) in [5, 5.41) is 6.40. The van der Waals surface area contributed by atoms with E-state index >= 15 is 0 Å². The monoisotopic (exact) mass is 572 g/mol. The second kappa shape index (κ2) is 11.7. The zero-order valence-electron chi connectivity index (χ0n) is 25.1. The molecule has 1 fully saturated rings. The van der Waals surface area contributed by atoms with Crippen molar-refractivity contribution in [3.8, 4) is 11.1 Å². The van der Waals surface area contributed by atoms with Crippen LogP contribution in [0.3, 0.4) is 0 Å². The van der Waals surface area contributed by atoms with Crippen LogP contribution in [-0.2, 0) is 14.0 Å². The van der Waals surface area contributed by atoms with Gasteiger partial charge in [-0.05, 0) is 85.3 Å². The summed E-state index contributed by atoms with van der Waals surface area (Å²) in [5.74, 6) is -0.00360. The van der Waals surface area contributed by atoms with Crippen molar-refractivity contribution in [1.82, 2.24) is 5.32 Å². The van der Waals surface area contributed by atoms with Gasteiger partial charge in [-0.2, -0.15) is 0 Å². The number of carbonyl (C=O) groups is 1. The number of anilines is 2. The summed E-state index contributed by atoms with van der Waals surface area (Å²) in [5.41, 5.74) is 7.43. The lowest BCUT2D eigenvalue weighted by atomic mass is 9.77. The lowest BCUT2D eigenvalue weighted by Crippen LogP contribution is -2.41. The summed E-state index contributed by atoms with van der Waals surface area (Å²) in [6.07, 6.45) is 1.53. The maximum Gasteiger partial charge on any atom is 0.492 e. The average Bonchev–Trinajstić information content (AvgIpc) is 3.43. The summed E-state index contributed by atoms with van der Waals surface area (Å²) in [6, 6.07) is 34.8. The van der Waals surface area contributed by atoms with E-state index < -0.39 is 24.4 Å². The third-order valence-corrected chi connectivity index (χ3v) is 8.64. The van der Waals surface area contributed by atoms with Crippen molar-refractivity contribution in [3.63, 3.8) is 0 Å². The molecule has 0 saturated carbocycles. The highest BCUT2D eigenvalue weighted by molar-refractivity contribution is 6.56. The van der Waals surface area contributed by atoms with E-state index in [2.05, 4.69) is 41.0 Å². The minimum atomic E-state index is -0.621. The first-order valence-corrected chi connectivity index (χ1v) is 14.8. The van der Waals surface area contributed by atoms with Crippen molar-refractivity contribution >= 4 is 30.7 Å². The fourth-order valence-corrected chi connectivity index (χ4v) is 5.63. The second-order valence-corrected chi connectivity index (χ2v) is 12.1. The molecule has 1 amide bonds. The number of ether oxygens (including phenoxy) is 1. The van der Waals surface area contributed by atoms with Gasteiger partial charge in [0.1, 0.15) is 6.61 Å². The number of nitrogens with one attached hydrogen (secondary N) is 2.